The van der Waals surface area contributed by atoms with E-state index in [0.717, 1.165) is 12.8 Å². The molecule has 0 aliphatic carbocycles. The van der Waals surface area contributed by atoms with E-state index in [1.54, 1.807) is 6.92 Å². The molecule has 3 heteroatoms. The highest BCUT2D eigenvalue weighted by atomic mass is 16.3. The van der Waals surface area contributed by atoms with Crippen LogP contribution in [0.25, 0.3) is 0 Å². The van der Waals surface area contributed by atoms with Crippen LogP contribution in [0.4, 0.5) is 0 Å². The molecule has 3 nitrogen and oxygen atoms in total. The molecule has 0 N–H and O–H groups in total. The zero-order valence-corrected chi connectivity index (χ0v) is 6.76. The third kappa shape index (κ3) is 2.18. The van der Waals surface area contributed by atoms with E-state index in [0.29, 0.717) is 11.7 Å². The Kier molecular flexibility index (Phi) is 2.41. The molecule has 1 rings (SSSR count). The molecule has 0 saturated carbocycles. The summed E-state index contributed by atoms with van der Waals surface area (Å²) in [6, 6.07) is 1.39. The van der Waals surface area contributed by atoms with Gasteiger partial charge in [-0.3, -0.25) is 4.79 Å². The molecule has 0 amide bonds. The van der Waals surface area contributed by atoms with Crippen LogP contribution in [0.3, 0.4) is 0 Å². The highest BCUT2D eigenvalue weighted by Gasteiger charge is 1.97. The maximum Gasteiger partial charge on any atom is 0.276 e. The van der Waals surface area contributed by atoms with Crippen molar-refractivity contribution in [2.75, 3.05) is 0 Å². The van der Waals surface area contributed by atoms with Crippen molar-refractivity contribution in [1.29, 1.82) is 0 Å². The molecule has 0 aliphatic heterocycles. The van der Waals surface area contributed by atoms with E-state index in [1.165, 1.54) is 6.07 Å². The number of rotatable bonds is 2. The Balaban J connectivity index is 2.99. The zero-order chi connectivity index (χ0) is 8.27. The number of hydrogen-bond acceptors (Lipinski definition) is 3. The maximum atomic E-state index is 10.8. The largest absolute Gasteiger partial charge is 0.447 e. The van der Waals surface area contributed by atoms with Crippen LogP contribution < -0.4 is 5.56 Å². The summed E-state index contributed by atoms with van der Waals surface area (Å²) in [6.45, 7) is 3.77. The molecule has 0 fully saturated rings. The number of aryl methyl sites for hydroxylation is 2. The monoisotopic (exact) mass is 153 g/mol. The molecule has 0 saturated heterocycles. The second kappa shape index (κ2) is 3.32. The van der Waals surface area contributed by atoms with E-state index in [-0.39, 0.29) is 5.56 Å². The summed E-state index contributed by atoms with van der Waals surface area (Å²) in [5, 5.41) is 0. The van der Waals surface area contributed by atoms with Crippen LogP contribution >= 0.6 is 0 Å². The van der Waals surface area contributed by atoms with Crippen LogP contribution in [0.2, 0.25) is 0 Å². The summed E-state index contributed by atoms with van der Waals surface area (Å²) in [4.78, 5) is 14.5. The molecule has 0 spiro atoms. The van der Waals surface area contributed by atoms with Gasteiger partial charge in [-0.1, -0.05) is 6.92 Å². The smallest absolute Gasteiger partial charge is 0.276 e. The highest BCUT2D eigenvalue weighted by molar-refractivity contribution is 4.93. The van der Waals surface area contributed by atoms with Gasteiger partial charge in [0.05, 0.1) is 0 Å². The average Bonchev–Trinajstić information content (AvgIpc) is 1.85. The lowest BCUT2D eigenvalue weighted by Crippen LogP contribution is -2.07. The van der Waals surface area contributed by atoms with Crippen molar-refractivity contribution in [2.45, 2.75) is 26.7 Å². The molecule has 0 bridgehead atoms. The average molecular weight is 153 g/mol. The van der Waals surface area contributed by atoms with E-state index in [1.807, 2.05) is 6.92 Å². The molecule has 0 radical (unpaired) electrons. The quantitative estimate of drug-likeness (QED) is 0.643. The molecule has 0 unspecified atom stereocenters. The van der Waals surface area contributed by atoms with Gasteiger partial charge in [0.25, 0.3) is 5.56 Å². The minimum atomic E-state index is -0.211. The summed E-state index contributed by atoms with van der Waals surface area (Å²) in [5.41, 5.74) is -0.211. The molecule has 11 heavy (non-hydrogen) atoms. The Labute approximate surface area is 65.1 Å². The summed E-state index contributed by atoms with van der Waals surface area (Å²) in [5.74, 6) is 1.17. The number of hydrogen-bond donors (Lipinski definition) is 0. The van der Waals surface area contributed by atoms with Crippen LogP contribution in [0.5, 0.6) is 0 Å². The fraction of sp³-hybridized carbons (Fsp3) is 0.500. The van der Waals surface area contributed by atoms with Gasteiger partial charge in [0.15, 0.2) is 5.89 Å². The topological polar surface area (TPSA) is 43.1 Å². The standard InChI is InChI=1S/C8H11NO2/c1-3-4-8-9-7(10)5-6(2)11-8/h5H,3-4H2,1-2H3. The normalized spacial score (nSPS) is 10.0. The van der Waals surface area contributed by atoms with Crippen molar-refractivity contribution in [2.24, 2.45) is 0 Å². The minimum Gasteiger partial charge on any atom is -0.447 e. The zero-order valence-electron chi connectivity index (χ0n) is 6.76. The Morgan fingerprint density at radius 3 is 2.91 bits per heavy atom. The molecule has 0 aromatic carbocycles. The van der Waals surface area contributed by atoms with E-state index in [4.69, 9.17) is 4.42 Å². The van der Waals surface area contributed by atoms with Crippen molar-refractivity contribution >= 4 is 0 Å². The summed E-state index contributed by atoms with van der Waals surface area (Å²) < 4.78 is 5.19. The van der Waals surface area contributed by atoms with Gasteiger partial charge in [-0.2, -0.15) is 4.98 Å². The summed E-state index contributed by atoms with van der Waals surface area (Å²) in [6.07, 6.45) is 1.68. The lowest BCUT2D eigenvalue weighted by Gasteiger charge is -1.96. The van der Waals surface area contributed by atoms with Gasteiger partial charge in [0, 0.05) is 12.5 Å². The predicted molar refractivity (Wildman–Crippen MR) is 41.5 cm³/mol. The molecular formula is C8H11NO2. The Hall–Kier alpha value is -1.12. The third-order valence-corrected chi connectivity index (χ3v) is 1.30. The van der Waals surface area contributed by atoms with Gasteiger partial charge in [-0.15, -0.1) is 0 Å². The molecule has 0 atom stereocenters. The highest BCUT2D eigenvalue weighted by Crippen LogP contribution is 1.99. The molecule has 1 aromatic heterocycles. The fourth-order valence-electron chi connectivity index (χ4n) is 0.888. The fourth-order valence-corrected chi connectivity index (χ4v) is 0.888. The van der Waals surface area contributed by atoms with Crippen LogP contribution in [-0.2, 0) is 6.42 Å². The van der Waals surface area contributed by atoms with E-state index >= 15 is 0 Å². The number of nitrogens with zero attached hydrogens (tertiary/aromatic N) is 1. The van der Waals surface area contributed by atoms with Crippen molar-refractivity contribution in [3.63, 3.8) is 0 Å². The molecule has 1 aromatic rings. The molecule has 0 aliphatic rings. The van der Waals surface area contributed by atoms with E-state index < -0.39 is 0 Å². The predicted octanol–water partition coefficient (Wildman–Crippen LogP) is 1.30. The van der Waals surface area contributed by atoms with Gasteiger partial charge in [-0.25, -0.2) is 0 Å². The minimum absolute atomic E-state index is 0.211. The molecule has 60 valence electrons. The lowest BCUT2D eigenvalue weighted by molar-refractivity contribution is 0.434. The van der Waals surface area contributed by atoms with Crippen molar-refractivity contribution in [1.82, 2.24) is 4.98 Å². The first-order valence-corrected chi connectivity index (χ1v) is 3.70. The van der Waals surface area contributed by atoms with Crippen LogP contribution in [-0.4, -0.2) is 4.98 Å². The van der Waals surface area contributed by atoms with Gasteiger partial charge in [-0.05, 0) is 13.3 Å². The maximum absolute atomic E-state index is 10.8. The van der Waals surface area contributed by atoms with E-state index in [9.17, 15) is 4.79 Å². The van der Waals surface area contributed by atoms with Gasteiger partial charge in [0.2, 0.25) is 0 Å². The Bertz CT molecular complexity index is 290. The lowest BCUT2D eigenvalue weighted by atomic mass is 10.3. The third-order valence-electron chi connectivity index (χ3n) is 1.30. The van der Waals surface area contributed by atoms with Gasteiger partial charge >= 0.3 is 0 Å². The summed E-state index contributed by atoms with van der Waals surface area (Å²) in [7, 11) is 0. The number of aromatic nitrogens is 1. The Morgan fingerprint density at radius 1 is 1.64 bits per heavy atom. The first-order valence-electron chi connectivity index (χ1n) is 3.70. The summed E-state index contributed by atoms with van der Waals surface area (Å²) >= 11 is 0. The molecule has 1 heterocycles. The van der Waals surface area contributed by atoms with E-state index in [2.05, 4.69) is 4.98 Å². The second-order valence-electron chi connectivity index (χ2n) is 2.45. The van der Waals surface area contributed by atoms with Crippen molar-refractivity contribution in [3.8, 4) is 0 Å². The second-order valence-corrected chi connectivity index (χ2v) is 2.45. The van der Waals surface area contributed by atoms with Crippen molar-refractivity contribution < 1.29 is 4.42 Å². The van der Waals surface area contributed by atoms with Gasteiger partial charge < -0.3 is 4.42 Å². The first-order chi connectivity index (χ1) is 5.22. The van der Waals surface area contributed by atoms with Crippen LogP contribution in [0, 0.1) is 6.92 Å². The van der Waals surface area contributed by atoms with Crippen molar-refractivity contribution in [3.05, 3.63) is 28.1 Å². The van der Waals surface area contributed by atoms with Gasteiger partial charge in [0.1, 0.15) is 5.76 Å². The first kappa shape index (κ1) is 7.98. The molecular weight excluding hydrogens is 142 g/mol. The van der Waals surface area contributed by atoms with Crippen LogP contribution in [0.1, 0.15) is 25.0 Å². The van der Waals surface area contributed by atoms with Crippen LogP contribution in [0.15, 0.2) is 15.3 Å². The Morgan fingerprint density at radius 2 is 2.36 bits per heavy atom. The SMILES string of the molecule is CCCc1nc(=O)cc(C)o1.